The number of carboxylic acid groups (broad SMARTS) is 1. The van der Waals surface area contributed by atoms with E-state index in [1.54, 1.807) is 36.5 Å². The summed E-state index contributed by atoms with van der Waals surface area (Å²) in [4.78, 5) is 34.3. The van der Waals surface area contributed by atoms with E-state index < -0.39 is 16.8 Å². The fourth-order valence-corrected chi connectivity index (χ4v) is 3.81. The molecule has 0 radical (unpaired) electrons. The van der Waals surface area contributed by atoms with Gasteiger partial charge in [-0.2, -0.15) is 10.2 Å². The Morgan fingerprint density at radius 1 is 1.28 bits per heavy atom. The van der Waals surface area contributed by atoms with E-state index in [0.717, 1.165) is 11.3 Å². The van der Waals surface area contributed by atoms with Crippen molar-refractivity contribution in [2.45, 2.75) is 38.0 Å². The SMILES string of the molecule is CC[C@]1(C#N)CCN(c2ccnc(Nc3ccc(C4(C(=O)O)CC4)cc3)n2)C1=O. The maximum atomic E-state index is 12.7. The maximum Gasteiger partial charge on any atom is 0.314 e. The highest BCUT2D eigenvalue weighted by molar-refractivity contribution is 6.01. The molecule has 1 aromatic carbocycles. The van der Waals surface area contributed by atoms with E-state index in [1.165, 1.54) is 4.90 Å². The predicted molar refractivity (Wildman–Crippen MR) is 106 cm³/mol. The fraction of sp³-hybridized carbons (Fsp3) is 0.381. The van der Waals surface area contributed by atoms with Crippen LogP contribution in [0.1, 0.15) is 38.2 Å². The summed E-state index contributed by atoms with van der Waals surface area (Å²) in [6.45, 7) is 2.29. The van der Waals surface area contributed by atoms with Gasteiger partial charge in [0, 0.05) is 18.4 Å². The first kappa shape index (κ1) is 18.9. The Kier molecular flexibility index (Phi) is 4.46. The molecule has 2 N–H and O–H groups in total. The lowest BCUT2D eigenvalue weighted by Gasteiger charge is -2.19. The number of aromatic nitrogens is 2. The molecule has 1 aliphatic carbocycles. The molecule has 1 aromatic heterocycles. The Balaban J connectivity index is 1.51. The third-order valence-corrected chi connectivity index (χ3v) is 6.00. The summed E-state index contributed by atoms with van der Waals surface area (Å²) in [6.07, 6.45) is 3.84. The molecule has 1 saturated heterocycles. The molecule has 2 aromatic rings. The zero-order valence-corrected chi connectivity index (χ0v) is 16.1. The Labute approximate surface area is 168 Å². The van der Waals surface area contributed by atoms with E-state index in [4.69, 9.17) is 0 Å². The van der Waals surface area contributed by atoms with Crippen molar-refractivity contribution in [1.29, 1.82) is 5.26 Å². The first-order valence-corrected chi connectivity index (χ1v) is 9.61. The number of hydrogen-bond donors (Lipinski definition) is 2. The Hall–Kier alpha value is -3.47. The molecule has 1 atom stereocenters. The summed E-state index contributed by atoms with van der Waals surface area (Å²) in [5.74, 6) is -0.226. The van der Waals surface area contributed by atoms with Crippen molar-refractivity contribution in [3.05, 3.63) is 42.1 Å². The number of nitrogens with one attached hydrogen (secondary N) is 1. The van der Waals surface area contributed by atoms with Gasteiger partial charge in [0.2, 0.25) is 11.9 Å². The Morgan fingerprint density at radius 3 is 2.55 bits per heavy atom. The number of nitriles is 1. The van der Waals surface area contributed by atoms with Gasteiger partial charge in [-0.05, 0) is 49.4 Å². The van der Waals surface area contributed by atoms with Gasteiger partial charge in [0.05, 0.1) is 11.5 Å². The third kappa shape index (κ3) is 3.09. The molecule has 1 saturated carbocycles. The molecule has 4 rings (SSSR count). The molecule has 8 heteroatoms. The molecule has 0 bridgehead atoms. The Morgan fingerprint density at radius 2 is 2.00 bits per heavy atom. The smallest absolute Gasteiger partial charge is 0.314 e. The predicted octanol–water partition coefficient (Wildman–Crippen LogP) is 2.99. The van der Waals surface area contributed by atoms with Crippen LogP contribution >= 0.6 is 0 Å². The summed E-state index contributed by atoms with van der Waals surface area (Å²) in [6, 6.07) is 11.0. The van der Waals surface area contributed by atoms with Crippen molar-refractivity contribution in [1.82, 2.24) is 9.97 Å². The normalized spacial score (nSPS) is 22.2. The van der Waals surface area contributed by atoms with E-state index in [1.807, 2.05) is 6.92 Å². The highest BCUT2D eigenvalue weighted by atomic mass is 16.4. The third-order valence-electron chi connectivity index (χ3n) is 6.00. The van der Waals surface area contributed by atoms with Gasteiger partial charge in [0.15, 0.2) is 0 Å². The molecular formula is C21H21N5O3. The number of carboxylic acids is 1. The number of anilines is 3. The number of carbonyl (C=O) groups excluding carboxylic acids is 1. The monoisotopic (exact) mass is 391 g/mol. The van der Waals surface area contributed by atoms with Gasteiger partial charge in [-0.15, -0.1) is 0 Å². The van der Waals surface area contributed by atoms with Crippen molar-refractivity contribution in [3.8, 4) is 6.07 Å². The largest absolute Gasteiger partial charge is 0.481 e. The van der Waals surface area contributed by atoms with E-state index in [2.05, 4.69) is 21.4 Å². The lowest BCUT2D eigenvalue weighted by molar-refractivity contribution is -0.140. The molecule has 8 nitrogen and oxygen atoms in total. The summed E-state index contributed by atoms with van der Waals surface area (Å²) in [5, 5.41) is 21.9. The van der Waals surface area contributed by atoms with Crippen molar-refractivity contribution in [3.63, 3.8) is 0 Å². The van der Waals surface area contributed by atoms with Gasteiger partial charge in [0.1, 0.15) is 11.2 Å². The van der Waals surface area contributed by atoms with Crippen molar-refractivity contribution in [2.75, 3.05) is 16.8 Å². The van der Waals surface area contributed by atoms with E-state index in [9.17, 15) is 20.0 Å². The fourth-order valence-electron chi connectivity index (χ4n) is 3.81. The molecule has 1 amide bonds. The van der Waals surface area contributed by atoms with Crippen molar-refractivity contribution >= 4 is 29.3 Å². The molecule has 2 aliphatic rings. The van der Waals surface area contributed by atoms with Gasteiger partial charge in [0.25, 0.3) is 0 Å². The molecule has 148 valence electrons. The minimum Gasteiger partial charge on any atom is -0.481 e. The van der Waals surface area contributed by atoms with Crippen LogP contribution < -0.4 is 10.2 Å². The second kappa shape index (κ2) is 6.85. The zero-order valence-electron chi connectivity index (χ0n) is 16.1. The van der Waals surface area contributed by atoms with Gasteiger partial charge >= 0.3 is 5.97 Å². The van der Waals surface area contributed by atoms with E-state index >= 15 is 0 Å². The van der Waals surface area contributed by atoms with Crippen LogP contribution in [0.5, 0.6) is 0 Å². The molecule has 2 fully saturated rings. The highest BCUT2D eigenvalue weighted by Crippen LogP contribution is 2.48. The number of carbonyl (C=O) groups is 2. The molecule has 2 heterocycles. The van der Waals surface area contributed by atoms with Crippen LogP contribution in [0.25, 0.3) is 0 Å². The minimum absolute atomic E-state index is 0.222. The van der Waals surface area contributed by atoms with E-state index in [0.29, 0.717) is 44.0 Å². The summed E-state index contributed by atoms with van der Waals surface area (Å²) >= 11 is 0. The van der Waals surface area contributed by atoms with E-state index in [-0.39, 0.29) is 5.91 Å². The first-order valence-electron chi connectivity index (χ1n) is 9.61. The van der Waals surface area contributed by atoms with Gasteiger partial charge < -0.3 is 10.4 Å². The number of benzene rings is 1. The lowest BCUT2D eigenvalue weighted by atomic mass is 9.85. The van der Waals surface area contributed by atoms with Crippen LogP contribution in [0.4, 0.5) is 17.5 Å². The van der Waals surface area contributed by atoms with Crippen molar-refractivity contribution in [2.24, 2.45) is 5.41 Å². The number of nitrogens with zero attached hydrogens (tertiary/aromatic N) is 4. The Bertz CT molecular complexity index is 1010. The first-order chi connectivity index (χ1) is 13.9. The summed E-state index contributed by atoms with van der Waals surface area (Å²) in [7, 11) is 0. The average molecular weight is 391 g/mol. The van der Waals surface area contributed by atoms with Gasteiger partial charge in [-0.25, -0.2) is 4.98 Å². The van der Waals surface area contributed by atoms with Gasteiger partial charge in [-0.1, -0.05) is 19.1 Å². The van der Waals surface area contributed by atoms with Crippen LogP contribution in [0.3, 0.4) is 0 Å². The molecule has 1 aliphatic heterocycles. The summed E-state index contributed by atoms with van der Waals surface area (Å²) < 4.78 is 0. The van der Waals surface area contributed by atoms with Crippen LogP contribution in [-0.4, -0.2) is 33.5 Å². The van der Waals surface area contributed by atoms with Crippen LogP contribution in [0, 0.1) is 16.7 Å². The zero-order chi connectivity index (χ0) is 20.6. The number of hydrogen-bond acceptors (Lipinski definition) is 6. The van der Waals surface area contributed by atoms with Crippen LogP contribution in [0.15, 0.2) is 36.5 Å². The van der Waals surface area contributed by atoms with Crippen LogP contribution in [0.2, 0.25) is 0 Å². The number of rotatable bonds is 6. The second-order valence-electron chi connectivity index (χ2n) is 7.58. The van der Waals surface area contributed by atoms with Crippen LogP contribution in [-0.2, 0) is 15.0 Å². The van der Waals surface area contributed by atoms with Crippen molar-refractivity contribution < 1.29 is 14.7 Å². The molecule has 0 spiro atoms. The second-order valence-corrected chi connectivity index (χ2v) is 7.58. The average Bonchev–Trinajstić information content (AvgIpc) is 3.48. The quantitative estimate of drug-likeness (QED) is 0.777. The number of aliphatic carboxylic acids is 1. The topological polar surface area (TPSA) is 119 Å². The number of amides is 1. The highest BCUT2D eigenvalue weighted by Gasteiger charge is 2.51. The standard InChI is InChI=1S/C21H21N5O3/c1-2-20(13-22)10-12-26(17(20)27)16-7-11-23-19(25-16)24-15-5-3-14(4-6-15)21(8-9-21)18(28)29/h3-7,11H,2,8-10,12H2,1H3,(H,28,29)(H,23,24,25)/t20-/m1/s1. The minimum atomic E-state index is -0.975. The lowest BCUT2D eigenvalue weighted by Crippen LogP contribution is -2.33. The molecular weight excluding hydrogens is 370 g/mol. The van der Waals surface area contributed by atoms with Gasteiger partial charge in [-0.3, -0.25) is 14.5 Å². The molecule has 29 heavy (non-hydrogen) atoms. The molecule has 0 unspecified atom stereocenters. The maximum absolute atomic E-state index is 12.7. The summed E-state index contributed by atoms with van der Waals surface area (Å²) in [5.41, 5.74) is -0.199.